The highest BCUT2D eigenvalue weighted by Crippen LogP contribution is 2.26. The lowest BCUT2D eigenvalue weighted by Crippen LogP contribution is -2.48. The van der Waals surface area contributed by atoms with Crippen molar-refractivity contribution in [2.24, 2.45) is 5.73 Å². The summed E-state index contributed by atoms with van der Waals surface area (Å²) in [4.78, 5) is 14.3. The number of likely N-dealkylation sites (tertiary alicyclic amines) is 1. The van der Waals surface area contributed by atoms with Gasteiger partial charge >= 0.3 is 0 Å². The first-order valence-electron chi connectivity index (χ1n) is 6.69. The van der Waals surface area contributed by atoms with E-state index in [9.17, 15) is 4.79 Å². The molecule has 0 bridgehead atoms. The van der Waals surface area contributed by atoms with Crippen LogP contribution in [-0.2, 0) is 4.79 Å². The third kappa shape index (κ3) is 2.97. The Morgan fingerprint density at radius 1 is 1.44 bits per heavy atom. The van der Waals surface area contributed by atoms with Crippen LogP contribution < -0.4 is 5.73 Å². The minimum atomic E-state index is -0.283. The first-order valence-corrected chi connectivity index (χ1v) is 6.69. The lowest BCUT2D eigenvalue weighted by atomic mass is 10.1. The van der Waals surface area contributed by atoms with E-state index in [1.54, 1.807) is 0 Å². The maximum absolute atomic E-state index is 12.2. The summed E-state index contributed by atoms with van der Waals surface area (Å²) in [6.45, 7) is 6.42. The van der Waals surface area contributed by atoms with Gasteiger partial charge in [-0.1, -0.05) is 26.7 Å². The van der Waals surface area contributed by atoms with E-state index in [1.165, 1.54) is 0 Å². The van der Waals surface area contributed by atoms with E-state index in [0.29, 0.717) is 12.1 Å². The number of carbonyl (C=O) groups excluding carboxylic acids is 1. The molecule has 1 fully saturated rings. The molecule has 1 rings (SSSR count). The highest BCUT2D eigenvalue weighted by molar-refractivity contribution is 5.82. The van der Waals surface area contributed by atoms with Gasteiger partial charge in [-0.15, -0.1) is 0 Å². The molecule has 1 heterocycles. The van der Waals surface area contributed by atoms with Gasteiger partial charge in [0.1, 0.15) is 0 Å². The summed E-state index contributed by atoms with van der Waals surface area (Å²) in [6, 6.07) is 0.523. The van der Waals surface area contributed by atoms with Crippen LogP contribution in [0.4, 0.5) is 0 Å². The summed E-state index contributed by atoms with van der Waals surface area (Å²) in [7, 11) is 0. The Labute approximate surface area is 99.4 Å². The van der Waals surface area contributed by atoms with Crippen molar-refractivity contribution in [3.8, 4) is 0 Å². The van der Waals surface area contributed by atoms with E-state index in [0.717, 1.165) is 38.5 Å². The second-order valence-electron chi connectivity index (χ2n) is 4.98. The van der Waals surface area contributed by atoms with Gasteiger partial charge in [0.25, 0.3) is 0 Å². The minimum absolute atomic E-state index is 0.172. The number of hydrogen-bond acceptors (Lipinski definition) is 2. The van der Waals surface area contributed by atoms with Crippen LogP contribution in [-0.4, -0.2) is 28.9 Å². The quantitative estimate of drug-likeness (QED) is 0.782. The Morgan fingerprint density at radius 3 is 2.69 bits per heavy atom. The lowest BCUT2D eigenvalue weighted by molar-refractivity contribution is -0.135. The van der Waals surface area contributed by atoms with Crippen molar-refractivity contribution in [1.82, 2.24) is 4.90 Å². The van der Waals surface area contributed by atoms with Crippen LogP contribution in [0.2, 0.25) is 0 Å². The van der Waals surface area contributed by atoms with E-state index in [-0.39, 0.29) is 11.9 Å². The standard InChI is InChI=1S/C13H26N2O/c1-4-6-7-12(14)13(16)15-10(3)8-9-11(15)5-2/h10-12H,4-9,14H2,1-3H3/t10?,11?,12-/m0/s1. The summed E-state index contributed by atoms with van der Waals surface area (Å²) in [5.74, 6) is 0.172. The van der Waals surface area contributed by atoms with Crippen LogP contribution >= 0.6 is 0 Å². The summed E-state index contributed by atoms with van der Waals surface area (Å²) < 4.78 is 0. The van der Waals surface area contributed by atoms with Crippen LogP contribution in [0.25, 0.3) is 0 Å². The minimum Gasteiger partial charge on any atom is -0.336 e. The van der Waals surface area contributed by atoms with Crippen molar-refractivity contribution in [1.29, 1.82) is 0 Å². The van der Waals surface area contributed by atoms with E-state index >= 15 is 0 Å². The average molecular weight is 226 g/mol. The normalized spacial score (nSPS) is 27.1. The molecule has 1 aliphatic heterocycles. The Kier molecular flexibility index (Phi) is 5.26. The molecule has 0 spiro atoms. The summed E-state index contributed by atoms with van der Waals surface area (Å²) in [5.41, 5.74) is 5.97. The molecule has 2 N–H and O–H groups in total. The zero-order valence-electron chi connectivity index (χ0n) is 10.9. The molecule has 2 unspecified atom stereocenters. The zero-order valence-corrected chi connectivity index (χ0v) is 10.9. The third-order valence-electron chi connectivity index (χ3n) is 3.70. The van der Waals surface area contributed by atoms with Crippen LogP contribution in [0.1, 0.15) is 59.3 Å². The molecular weight excluding hydrogens is 200 g/mol. The van der Waals surface area contributed by atoms with E-state index < -0.39 is 0 Å². The summed E-state index contributed by atoms with van der Waals surface area (Å²) in [5, 5.41) is 0. The molecule has 3 nitrogen and oxygen atoms in total. The fourth-order valence-corrected chi connectivity index (χ4v) is 2.61. The number of nitrogens with zero attached hydrogens (tertiary/aromatic N) is 1. The third-order valence-corrected chi connectivity index (χ3v) is 3.70. The highest BCUT2D eigenvalue weighted by Gasteiger charge is 2.34. The van der Waals surface area contributed by atoms with Gasteiger partial charge in [0.2, 0.25) is 5.91 Å². The van der Waals surface area contributed by atoms with Crippen molar-refractivity contribution in [3.05, 3.63) is 0 Å². The molecule has 3 heteroatoms. The number of hydrogen-bond donors (Lipinski definition) is 1. The maximum Gasteiger partial charge on any atom is 0.239 e. The SMILES string of the molecule is CCCC[C@H](N)C(=O)N1C(C)CCC1CC. The van der Waals surface area contributed by atoms with E-state index in [4.69, 9.17) is 5.73 Å². The van der Waals surface area contributed by atoms with Crippen LogP contribution in [0.3, 0.4) is 0 Å². The number of unbranched alkanes of at least 4 members (excludes halogenated alkanes) is 1. The predicted octanol–water partition coefficient (Wildman–Crippen LogP) is 2.29. The largest absolute Gasteiger partial charge is 0.336 e. The van der Waals surface area contributed by atoms with Crippen molar-refractivity contribution in [3.63, 3.8) is 0 Å². The van der Waals surface area contributed by atoms with Crippen LogP contribution in [0.5, 0.6) is 0 Å². The van der Waals surface area contributed by atoms with Gasteiger partial charge in [0, 0.05) is 12.1 Å². The number of nitrogens with two attached hydrogens (primary N) is 1. The van der Waals surface area contributed by atoms with Gasteiger partial charge in [-0.3, -0.25) is 4.79 Å². The van der Waals surface area contributed by atoms with Gasteiger partial charge in [-0.25, -0.2) is 0 Å². The first kappa shape index (κ1) is 13.5. The number of rotatable bonds is 5. The molecule has 0 aliphatic carbocycles. The number of carbonyl (C=O) groups is 1. The fraction of sp³-hybridized carbons (Fsp3) is 0.923. The molecule has 0 radical (unpaired) electrons. The van der Waals surface area contributed by atoms with E-state index in [2.05, 4.69) is 20.8 Å². The van der Waals surface area contributed by atoms with Crippen LogP contribution in [0, 0.1) is 0 Å². The Morgan fingerprint density at radius 2 is 2.12 bits per heavy atom. The number of amides is 1. The van der Waals surface area contributed by atoms with Crippen molar-refractivity contribution >= 4 is 5.91 Å². The topological polar surface area (TPSA) is 46.3 Å². The Hall–Kier alpha value is -0.570. The van der Waals surface area contributed by atoms with Gasteiger partial charge < -0.3 is 10.6 Å². The average Bonchev–Trinajstić information content (AvgIpc) is 2.66. The summed E-state index contributed by atoms with van der Waals surface area (Å²) in [6.07, 6.45) is 6.31. The summed E-state index contributed by atoms with van der Waals surface area (Å²) >= 11 is 0. The maximum atomic E-state index is 12.2. The van der Waals surface area contributed by atoms with Crippen molar-refractivity contribution in [2.75, 3.05) is 0 Å². The highest BCUT2D eigenvalue weighted by atomic mass is 16.2. The Balaban J connectivity index is 2.56. The smallest absolute Gasteiger partial charge is 0.239 e. The molecule has 0 aromatic carbocycles. The van der Waals surface area contributed by atoms with Gasteiger partial charge in [-0.2, -0.15) is 0 Å². The molecule has 16 heavy (non-hydrogen) atoms. The fourth-order valence-electron chi connectivity index (χ4n) is 2.61. The van der Waals surface area contributed by atoms with Crippen molar-refractivity contribution < 1.29 is 4.79 Å². The Bertz CT molecular complexity index is 230. The molecular formula is C13H26N2O. The molecule has 0 aromatic heterocycles. The molecule has 0 aromatic rings. The molecule has 1 amide bonds. The first-order chi connectivity index (χ1) is 7.61. The molecule has 1 saturated heterocycles. The van der Waals surface area contributed by atoms with Crippen LogP contribution in [0.15, 0.2) is 0 Å². The second-order valence-corrected chi connectivity index (χ2v) is 4.98. The molecule has 0 saturated carbocycles. The monoisotopic (exact) mass is 226 g/mol. The zero-order chi connectivity index (χ0) is 12.1. The molecule has 94 valence electrons. The predicted molar refractivity (Wildman–Crippen MR) is 67.1 cm³/mol. The van der Waals surface area contributed by atoms with Crippen molar-refractivity contribution in [2.45, 2.75) is 77.4 Å². The molecule has 1 aliphatic rings. The van der Waals surface area contributed by atoms with Gasteiger partial charge in [0.15, 0.2) is 0 Å². The lowest BCUT2D eigenvalue weighted by Gasteiger charge is -2.30. The van der Waals surface area contributed by atoms with E-state index in [1.807, 2.05) is 4.90 Å². The second kappa shape index (κ2) is 6.24. The van der Waals surface area contributed by atoms with Gasteiger partial charge in [0.05, 0.1) is 6.04 Å². The van der Waals surface area contributed by atoms with Gasteiger partial charge in [-0.05, 0) is 32.6 Å². The molecule has 3 atom stereocenters.